The number of aliphatic hydroxyl groups is 1. The Balaban J connectivity index is 0.00000342. The molecule has 0 saturated heterocycles. The standard InChI is InChI=1S/C26H28N5O3.Na/c1-17-13-22(33-12-11-32)14-18(2)26(17)23-6-4-5-21(19(23)3)16-34-25-10-8-20(15-27-25)7-9-24-28-30-31-29-24;/h4-6,8,10,13-15,32H,7,9,11-12,16H2,1-3H3;/q-1;+1. The first kappa shape index (κ1) is 26.8. The summed E-state index contributed by atoms with van der Waals surface area (Å²) in [5.74, 6) is 1.99. The van der Waals surface area contributed by atoms with E-state index < -0.39 is 0 Å². The Kier molecular flexibility index (Phi) is 9.80. The number of aryl methyl sites for hydroxylation is 4. The maximum absolute atomic E-state index is 9.02. The van der Waals surface area contributed by atoms with E-state index in [-0.39, 0.29) is 42.8 Å². The van der Waals surface area contributed by atoms with Gasteiger partial charge in [-0.25, -0.2) is 4.98 Å². The van der Waals surface area contributed by atoms with Crippen LogP contribution < -0.4 is 44.1 Å². The Hall–Kier alpha value is -2.78. The summed E-state index contributed by atoms with van der Waals surface area (Å²) in [4.78, 5) is 4.44. The molecule has 9 heteroatoms. The van der Waals surface area contributed by atoms with Crippen molar-refractivity contribution >= 4 is 0 Å². The fourth-order valence-corrected chi connectivity index (χ4v) is 4.02. The minimum absolute atomic E-state index is 0. The van der Waals surface area contributed by atoms with E-state index in [0.717, 1.165) is 34.4 Å². The maximum Gasteiger partial charge on any atom is 1.00 e. The molecule has 0 fully saturated rings. The number of ether oxygens (including phenoxy) is 2. The third-order valence-electron chi connectivity index (χ3n) is 5.75. The molecule has 0 unspecified atom stereocenters. The summed E-state index contributed by atoms with van der Waals surface area (Å²) >= 11 is 0. The van der Waals surface area contributed by atoms with Crippen molar-refractivity contribution in [2.45, 2.75) is 40.2 Å². The second kappa shape index (κ2) is 12.8. The van der Waals surface area contributed by atoms with Crippen molar-refractivity contribution in [2.24, 2.45) is 0 Å². The molecule has 0 spiro atoms. The van der Waals surface area contributed by atoms with Crippen LogP contribution in [0.2, 0.25) is 0 Å². The van der Waals surface area contributed by atoms with Crippen LogP contribution in [0, 0.1) is 20.8 Å². The number of benzene rings is 2. The van der Waals surface area contributed by atoms with E-state index >= 15 is 0 Å². The van der Waals surface area contributed by atoms with Crippen molar-refractivity contribution in [2.75, 3.05) is 13.2 Å². The first-order chi connectivity index (χ1) is 16.5. The van der Waals surface area contributed by atoms with Gasteiger partial charge >= 0.3 is 29.6 Å². The molecular weight excluding hydrogens is 453 g/mol. The van der Waals surface area contributed by atoms with Crippen molar-refractivity contribution in [1.29, 1.82) is 0 Å². The Bertz CT molecular complexity index is 1210. The molecule has 176 valence electrons. The fourth-order valence-electron chi connectivity index (χ4n) is 4.02. The summed E-state index contributed by atoms with van der Waals surface area (Å²) in [6.45, 7) is 7.00. The van der Waals surface area contributed by atoms with E-state index in [0.29, 0.717) is 24.7 Å². The van der Waals surface area contributed by atoms with Gasteiger partial charge in [0.25, 0.3) is 0 Å². The largest absolute Gasteiger partial charge is 1.00 e. The summed E-state index contributed by atoms with van der Waals surface area (Å²) in [6, 6.07) is 14.2. The van der Waals surface area contributed by atoms with E-state index in [9.17, 15) is 0 Å². The van der Waals surface area contributed by atoms with Gasteiger partial charge in [-0.3, -0.25) is 10.3 Å². The number of tetrazole rings is 1. The Morgan fingerprint density at radius 2 is 1.77 bits per heavy atom. The van der Waals surface area contributed by atoms with E-state index in [4.69, 9.17) is 14.6 Å². The van der Waals surface area contributed by atoms with Crippen LogP contribution in [0.25, 0.3) is 11.1 Å². The van der Waals surface area contributed by atoms with Crippen LogP contribution in [-0.2, 0) is 19.4 Å². The molecule has 1 N–H and O–H groups in total. The quantitative estimate of drug-likeness (QED) is 0.328. The summed E-state index contributed by atoms with van der Waals surface area (Å²) in [6.07, 6.45) is 3.26. The van der Waals surface area contributed by atoms with Gasteiger partial charge in [0.2, 0.25) is 5.88 Å². The molecular formula is C26H28N5NaO3. The van der Waals surface area contributed by atoms with Crippen LogP contribution in [-0.4, -0.2) is 38.8 Å². The molecule has 2 aromatic heterocycles. The SMILES string of the molecule is Cc1cc(OCCO)cc(C)c1-c1cccc(COc2ccc(CCc3nnn[n-]3)cn2)c1C.[Na+]. The minimum atomic E-state index is -0.00228. The van der Waals surface area contributed by atoms with Crippen LogP contribution in [0.15, 0.2) is 48.7 Å². The summed E-state index contributed by atoms with van der Waals surface area (Å²) in [7, 11) is 0. The number of nitrogens with zero attached hydrogens (tertiary/aromatic N) is 5. The van der Waals surface area contributed by atoms with Crippen molar-refractivity contribution < 1.29 is 44.1 Å². The molecule has 4 aromatic rings. The van der Waals surface area contributed by atoms with Gasteiger partial charge in [-0.05, 0) is 84.7 Å². The van der Waals surface area contributed by atoms with Crippen molar-refractivity contribution in [1.82, 2.24) is 25.6 Å². The van der Waals surface area contributed by atoms with Crippen LogP contribution in [0.3, 0.4) is 0 Å². The van der Waals surface area contributed by atoms with Crippen molar-refractivity contribution in [3.63, 3.8) is 0 Å². The Labute approximate surface area is 227 Å². The van der Waals surface area contributed by atoms with Gasteiger partial charge in [-0.1, -0.05) is 24.3 Å². The van der Waals surface area contributed by atoms with E-state index in [1.165, 1.54) is 16.7 Å². The van der Waals surface area contributed by atoms with E-state index in [1.54, 1.807) is 0 Å². The number of rotatable bonds is 10. The number of hydrogen-bond donors (Lipinski definition) is 1. The van der Waals surface area contributed by atoms with Gasteiger partial charge in [-0.2, -0.15) is 5.21 Å². The van der Waals surface area contributed by atoms with E-state index in [1.807, 2.05) is 30.5 Å². The van der Waals surface area contributed by atoms with E-state index in [2.05, 4.69) is 64.6 Å². The van der Waals surface area contributed by atoms with Crippen LogP contribution in [0.1, 0.15) is 33.6 Å². The Morgan fingerprint density at radius 3 is 2.43 bits per heavy atom. The molecule has 0 bridgehead atoms. The fraction of sp³-hybridized carbons (Fsp3) is 0.308. The second-order valence-electron chi connectivity index (χ2n) is 8.18. The van der Waals surface area contributed by atoms with Crippen molar-refractivity contribution in [3.8, 4) is 22.8 Å². The number of aromatic nitrogens is 5. The predicted molar refractivity (Wildman–Crippen MR) is 128 cm³/mol. The molecule has 0 atom stereocenters. The topological polar surface area (TPSA) is 104 Å². The smallest absolute Gasteiger partial charge is 0.491 e. The monoisotopic (exact) mass is 481 g/mol. The van der Waals surface area contributed by atoms with Crippen LogP contribution in [0.4, 0.5) is 0 Å². The van der Waals surface area contributed by atoms with Gasteiger partial charge < -0.3 is 19.7 Å². The maximum atomic E-state index is 9.02. The minimum Gasteiger partial charge on any atom is -0.491 e. The van der Waals surface area contributed by atoms with Gasteiger partial charge in [0.05, 0.1) is 6.61 Å². The molecule has 35 heavy (non-hydrogen) atoms. The molecule has 0 radical (unpaired) electrons. The van der Waals surface area contributed by atoms with Crippen molar-refractivity contribution in [3.05, 3.63) is 82.3 Å². The third kappa shape index (κ3) is 6.89. The molecule has 0 saturated carbocycles. The molecule has 0 amide bonds. The molecule has 2 aromatic carbocycles. The third-order valence-corrected chi connectivity index (χ3v) is 5.75. The van der Waals surface area contributed by atoms with Crippen LogP contribution in [0.5, 0.6) is 11.6 Å². The molecule has 0 aliphatic carbocycles. The molecule has 4 rings (SSSR count). The number of hydrogen-bond acceptors (Lipinski definition) is 7. The molecule has 2 heterocycles. The average molecular weight is 482 g/mol. The summed E-state index contributed by atoms with van der Waals surface area (Å²) < 4.78 is 11.6. The predicted octanol–water partition coefficient (Wildman–Crippen LogP) is 0.555. The molecule has 8 nitrogen and oxygen atoms in total. The average Bonchev–Trinajstić information content (AvgIpc) is 3.36. The zero-order chi connectivity index (χ0) is 23.9. The number of aliphatic hydroxyl groups excluding tert-OH is 1. The zero-order valence-corrected chi connectivity index (χ0v) is 22.7. The van der Waals surface area contributed by atoms with Crippen LogP contribution >= 0.6 is 0 Å². The first-order valence-electron chi connectivity index (χ1n) is 11.2. The number of pyridine rings is 1. The van der Waals surface area contributed by atoms with Gasteiger partial charge in [0.15, 0.2) is 0 Å². The normalized spacial score (nSPS) is 10.6. The summed E-state index contributed by atoms with van der Waals surface area (Å²) in [5.41, 5.74) is 7.98. The van der Waals surface area contributed by atoms with Gasteiger partial charge in [-0.15, -0.1) is 0 Å². The molecule has 0 aliphatic heterocycles. The molecule has 0 aliphatic rings. The zero-order valence-electron chi connectivity index (χ0n) is 20.7. The van der Waals surface area contributed by atoms with Gasteiger partial charge in [0.1, 0.15) is 19.0 Å². The Morgan fingerprint density at radius 1 is 0.971 bits per heavy atom. The second-order valence-corrected chi connectivity index (χ2v) is 8.18. The summed E-state index contributed by atoms with van der Waals surface area (Å²) in [5, 5.41) is 23.7. The van der Waals surface area contributed by atoms with Gasteiger partial charge in [0, 0.05) is 18.1 Å². The first-order valence-corrected chi connectivity index (χ1v) is 11.2.